The summed E-state index contributed by atoms with van der Waals surface area (Å²) in [6.07, 6.45) is 4.82. The zero-order valence-electron chi connectivity index (χ0n) is 33.0. The number of fused-ring (bicyclic) bond motifs is 1. The van der Waals surface area contributed by atoms with Crippen molar-refractivity contribution >= 4 is 35.8 Å². The van der Waals surface area contributed by atoms with Crippen LogP contribution < -0.4 is 26.6 Å². The fraction of sp³-hybridized carbons (Fsp3) is 0.700. The lowest BCUT2D eigenvalue weighted by atomic mass is 9.82. The molecule has 304 valence electrons. The van der Waals surface area contributed by atoms with E-state index in [4.69, 9.17) is 4.74 Å². The number of ether oxygens (including phenoxy) is 1. The van der Waals surface area contributed by atoms with Gasteiger partial charge in [-0.05, 0) is 61.0 Å². The van der Waals surface area contributed by atoms with Gasteiger partial charge in [-0.3, -0.25) is 19.2 Å². The number of amides is 7. The zero-order valence-corrected chi connectivity index (χ0v) is 33.0. The molecule has 0 radical (unpaired) electrons. The Kier molecular flexibility index (Phi) is 14.0. The van der Waals surface area contributed by atoms with Gasteiger partial charge in [0.2, 0.25) is 17.7 Å². The Bertz CT molecular complexity index is 1560. The first-order chi connectivity index (χ1) is 26.2. The molecular weight excluding hydrogens is 706 g/mol. The van der Waals surface area contributed by atoms with Crippen LogP contribution in [0.5, 0.6) is 0 Å². The largest absolute Gasteiger partial charge is 0.444 e. The summed E-state index contributed by atoms with van der Waals surface area (Å²) >= 11 is 0. The molecule has 7 amide bonds. The molecule has 2 aliphatic heterocycles. The van der Waals surface area contributed by atoms with Crippen LogP contribution in [0.1, 0.15) is 103 Å². The number of likely N-dealkylation sites (N-methyl/N-ethyl adjacent to an activating group) is 1. The Morgan fingerprint density at radius 3 is 2.24 bits per heavy atom. The molecule has 15 heteroatoms. The van der Waals surface area contributed by atoms with Crippen molar-refractivity contribution in [1.29, 1.82) is 0 Å². The van der Waals surface area contributed by atoms with E-state index in [1.807, 2.05) is 31.2 Å². The summed E-state index contributed by atoms with van der Waals surface area (Å²) in [6.45, 7) is 7.97. The van der Waals surface area contributed by atoms with E-state index in [2.05, 4.69) is 26.6 Å². The molecule has 2 saturated carbocycles. The van der Waals surface area contributed by atoms with Gasteiger partial charge in [0, 0.05) is 32.6 Å². The molecule has 0 spiro atoms. The average molecular weight is 768 g/mol. The van der Waals surface area contributed by atoms with Crippen molar-refractivity contribution < 1.29 is 38.6 Å². The monoisotopic (exact) mass is 767 g/mol. The van der Waals surface area contributed by atoms with Crippen LogP contribution >= 0.6 is 0 Å². The first kappa shape index (κ1) is 41.8. The second-order valence-corrected chi connectivity index (χ2v) is 16.7. The number of carbonyl (C=O) groups excluding carboxylic acids is 6. The summed E-state index contributed by atoms with van der Waals surface area (Å²) in [4.78, 5) is 84.4. The Balaban J connectivity index is 1.34. The van der Waals surface area contributed by atoms with Gasteiger partial charge >= 0.3 is 12.1 Å². The van der Waals surface area contributed by atoms with Crippen molar-refractivity contribution in [2.45, 2.75) is 147 Å². The van der Waals surface area contributed by atoms with E-state index in [0.717, 1.165) is 50.5 Å². The maximum Gasteiger partial charge on any atom is 0.410 e. The van der Waals surface area contributed by atoms with E-state index < -0.39 is 71.6 Å². The molecule has 6 atom stereocenters. The van der Waals surface area contributed by atoms with Crippen molar-refractivity contribution in [2.75, 3.05) is 20.1 Å². The first-order valence-electron chi connectivity index (χ1n) is 20.1. The minimum Gasteiger partial charge on any atom is -0.444 e. The van der Waals surface area contributed by atoms with Gasteiger partial charge in [-0.15, -0.1) is 0 Å². The van der Waals surface area contributed by atoms with Crippen LogP contribution in [0.4, 0.5) is 9.59 Å². The highest BCUT2D eigenvalue weighted by atomic mass is 16.6. The maximum atomic E-state index is 14.3. The van der Waals surface area contributed by atoms with E-state index in [0.29, 0.717) is 32.4 Å². The fourth-order valence-corrected chi connectivity index (χ4v) is 7.95. The maximum absolute atomic E-state index is 14.3. The van der Waals surface area contributed by atoms with Crippen LogP contribution in [0.3, 0.4) is 0 Å². The molecule has 6 N–H and O–H groups in total. The molecule has 0 aromatic heterocycles. The number of nitrogens with one attached hydrogen (secondary N) is 5. The van der Waals surface area contributed by atoms with Gasteiger partial charge in [-0.2, -0.15) is 0 Å². The van der Waals surface area contributed by atoms with Crippen molar-refractivity contribution in [3.8, 4) is 0 Å². The Hall–Kier alpha value is -4.40. The summed E-state index contributed by atoms with van der Waals surface area (Å²) in [5.74, 6) is -2.06. The van der Waals surface area contributed by atoms with E-state index in [1.54, 1.807) is 25.7 Å². The molecule has 15 nitrogen and oxygen atoms in total. The normalized spacial score (nSPS) is 22.3. The lowest BCUT2D eigenvalue weighted by Crippen LogP contribution is -2.62. The van der Waals surface area contributed by atoms with E-state index in [9.17, 15) is 33.9 Å². The van der Waals surface area contributed by atoms with Crippen molar-refractivity contribution in [2.24, 2.45) is 11.3 Å². The third-order valence-corrected chi connectivity index (χ3v) is 11.3. The summed E-state index contributed by atoms with van der Waals surface area (Å²) in [5, 5.41) is 25.0. The number of rotatable bonds is 13. The second-order valence-electron chi connectivity index (χ2n) is 16.7. The molecule has 2 aliphatic carbocycles. The number of aliphatic hydroxyl groups excluding tert-OH is 1. The highest BCUT2D eigenvalue weighted by molar-refractivity contribution is 5.95. The van der Waals surface area contributed by atoms with Crippen LogP contribution in [-0.4, -0.2) is 113 Å². The van der Waals surface area contributed by atoms with Gasteiger partial charge in [0.05, 0.1) is 12.6 Å². The molecule has 5 rings (SSSR count). The minimum absolute atomic E-state index is 0.0119. The van der Waals surface area contributed by atoms with E-state index in [-0.39, 0.29) is 30.8 Å². The fourth-order valence-electron chi connectivity index (χ4n) is 7.95. The summed E-state index contributed by atoms with van der Waals surface area (Å²) in [7, 11) is 1.53. The molecular formula is C40H61N7O8. The Morgan fingerprint density at radius 1 is 0.909 bits per heavy atom. The van der Waals surface area contributed by atoms with Gasteiger partial charge < -0.3 is 46.2 Å². The number of aliphatic hydroxyl groups is 1. The van der Waals surface area contributed by atoms with E-state index in [1.165, 1.54) is 17.5 Å². The molecule has 4 aliphatic rings. The lowest BCUT2D eigenvalue weighted by molar-refractivity contribution is -0.136. The zero-order chi connectivity index (χ0) is 39.9. The molecule has 2 unspecified atom stereocenters. The van der Waals surface area contributed by atoms with Gasteiger partial charge in [0.25, 0.3) is 5.91 Å². The number of urea groups is 1. The summed E-state index contributed by atoms with van der Waals surface area (Å²) < 4.78 is 5.94. The standard InChI is InChI=1S/C40H61N7O8/c1-6-12-29(32(48)36(51)42-27-17-18-27)43-38(53)47-23-28(55-39(54)46-20-19-24-13-10-11-16-26(24)22-46)21-30(47)34(49)45-33(40(2,3)4)37(52)44-31(35(50)41-5)25-14-8-7-9-15-25/h10-11,13,16,25,27-33,48H,6-9,12,14-15,17-23H2,1-5H3,(H,41,50)(H,42,51)(H,43,53)(H,44,52)(H,45,49)/t28-,29?,30-,31-,32?,33+/m0/s1. The Labute approximate surface area is 324 Å². The Morgan fingerprint density at radius 2 is 1.60 bits per heavy atom. The SMILES string of the molecule is CCCC(NC(=O)N1C[C@@H](OC(=O)N2CCc3ccccc3C2)C[C@H]1C(=O)N[C@H](C(=O)N[C@H](C(=O)NC)C1CCCCC1)C(C)(C)C)C(O)C(=O)NC1CC1. The predicted octanol–water partition coefficient (Wildman–Crippen LogP) is 2.48. The second kappa shape index (κ2) is 18.5. The van der Waals surface area contributed by atoms with Crippen LogP contribution in [-0.2, 0) is 36.9 Å². The lowest BCUT2D eigenvalue weighted by Gasteiger charge is -2.35. The minimum atomic E-state index is -1.51. The summed E-state index contributed by atoms with van der Waals surface area (Å²) in [5.41, 5.74) is 1.39. The number of hydrogen-bond acceptors (Lipinski definition) is 8. The average Bonchev–Trinajstić information content (AvgIpc) is 3.89. The highest BCUT2D eigenvalue weighted by Crippen LogP contribution is 2.29. The van der Waals surface area contributed by atoms with E-state index >= 15 is 0 Å². The molecule has 2 heterocycles. The highest BCUT2D eigenvalue weighted by Gasteiger charge is 2.46. The van der Waals surface area contributed by atoms with Crippen LogP contribution in [0.15, 0.2) is 24.3 Å². The third kappa shape index (κ3) is 10.9. The van der Waals surface area contributed by atoms with Gasteiger partial charge in [0.15, 0.2) is 6.10 Å². The van der Waals surface area contributed by atoms with Crippen LogP contribution in [0.2, 0.25) is 0 Å². The van der Waals surface area contributed by atoms with Crippen LogP contribution in [0, 0.1) is 11.3 Å². The van der Waals surface area contributed by atoms with Crippen LogP contribution in [0.25, 0.3) is 0 Å². The van der Waals surface area contributed by atoms with Crippen molar-refractivity contribution in [3.05, 3.63) is 35.4 Å². The molecule has 0 bridgehead atoms. The smallest absolute Gasteiger partial charge is 0.410 e. The predicted molar refractivity (Wildman–Crippen MR) is 204 cm³/mol. The number of carbonyl (C=O) groups is 6. The number of benzene rings is 1. The van der Waals surface area contributed by atoms with Gasteiger partial charge in [-0.1, -0.05) is 77.6 Å². The molecule has 1 aromatic carbocycles. The molecule has 3 fully saturated rings. The number of hydrogen-bond donors (Lipinski definition) is 6. The third-order valence-electron chi connectivity index (χ3n) is 11.3. The first-order valence-corrected chi connectivity index (χ1v) is 20.1. The van der Waals surface area contributed by atoms with Gasteiger partial charge in [0.1, 0.15) is 24.2 Å². The van der Waals surface area contributed by atoms with Gasteiger partial charge in [-0.25, -0.2) is 9.59 Å². The number of likely N-dealkylation sites (tertiary alicyclic amines) is 1. The quantitative estimate of drug-likeness (QED) is 0.176. The molecule has 1 aromatic rings. The molecule has 55 heavy (non-hydrogen) atoms. The molecule has 1 saturated heterocycles. The topological polar surface area (TPSA) is 199 Å². The number of nitrogens with zero attached hydrogens (tertiary/aromatic N) is 2. The van der Waals surface area contributed by atoms with Crippen molar-refractivity contribution in [3.63, 3.8) is 0 Å². The van der Waals surface area contributed by atoms with Crippen molar-refractivity contribution in [1.82, 2.24) is 36.4 Å². The summed E-state index contributed by atoms with van der Waals surface area (Å²) in [6, 6.07) is 3.23.